The summed E-state index contributed by atoms with van der Waals surface area (Å²) in [5.41, 5.74) is 3.33. The van der Waals surface area contributed by atoms with Crippen molar-refractivity contribution >= 4 is 34.2 Å². The zero-order valence-electron chi connectivity index (χ0n) is 17.7. The minimum Gasteiger partial charge on any atom is -0.481 e. The average molecular weight is 446 g/mol. The molecule has 0 aliphatic heterocycles. The van der Waals surface area contributed by atoms with Crippen molar-refractivity contribution in [1.82, 2.24) is 0 Å². The number of methoxy groups -OCH3 is 1. The number of allylic oxidation sites excluding steroid dienone is 2. The van der Waals surface area contributed by atoms with Gasteiger partial charge in [-0.15, -0.1) is 11.3 Å². The van der Waals surface area contributed by atoms with E-state index in [0.29, 0.717) is 29.0 Å². The van der Waals surface area contributed by atoms with Gasteiger partial charge < -0.3 is 15.2 Å². The third kappa shape index (κ3) is 4.54. The number of carboxylic acids is 1. The summed E-state index contributed by atoms with van der Waals surface area (Å²) in [6.07, 6.45) is 0.658. The van der Waals surface area contributed by atoms with E-state index in [9.17, 15) is 23.9 Å². The maximum absolute atomic E-state index is 13.4. The number of carbonyl (C=O) groups excluding carboxylic acids is 2. The van der Waals surface area contributed by atoms with E-state index in [-0.39, 0.29) is 5.56 Å². The Balaban J connectivity index is 2.00. The van der Waals surface area contributed by atoms with Crippen molar-refractivity contribution in [1.29, 1.82) is 0 Å². The van der Waals surface area contributed by atoms with Crippen LogP contribution in [0.1, 0.15) is 41.9 Å². The van der Waals surface area contributed by atoms with E-state index in [4.69, 9.17) is 4.74 Å². The Kier molecular flexibility index (Phi) is 6.59. The molecule has 0 saturated heterocycles. The van der Waals surface area contributed by atoms with E-state index in [1.807, 2.05) is 13.8 Å². The second-order valence-corrected chi connectivity index (χ2v) is 8.97. The van der Waals surface area contributed by atoms with E-state index in [1.54, 1.807) is 19.1 Å². The number of nitrogens with one attached hydrogen (secondary N) is 1. The van der Waals surface area contributed by atoms with E-state index < -0.39 is 35.5 Å². The van der Waals surface area contributed by atoms with Crippen molar-refractivity contribution in [3.63, 3.8) is 0 Å². The van der Waals surface area contributed by atoms with Crippen molar-refractivity contribution < 1.29 is 28.6 Å². The van der Waals surface area contributed by atoms with Crippen LogP contribution in [0.15, 0.2) is 35.4 Å². The summed E-state index contributed by atoms with van der Waals surface area (Å²) in [6.45, 7) is 5.57. The molecule has 6 nitrogen and oxygen atoms in total. The Morgan fingerprint density at radius 2 is 1.65 bits per heavy atom. The van der Waals surface area contributed by atoms with Crippen LogP contribution in [0.2, 0.25) is 0 Å². The molecule has 1 aromatic carbocycles. The van der Waals surface area contributed by atoms with Crippen LogP contribution in [0.25, 0.3) is 11.1 Å². The summed E-state index contributed by atoms with van der Waals surface area (Å²) in [5, 5.41) is 12.7. The average Bonchev–Trinajstić information content (AvgIpc) is 3.05. The normalized spacial score (nSPS) is 18.6. The molecular weight excluding hydrogens is 421 g/mol. The summed E-state index contributed by atoms with van der Waals surface area (Å²) in [6, 6.07) is 5.70. The highest BCUT2D eigenvalue weighted by atomic mass is 32.1. The first-order valence-electron chi connectivity index (χ1n) is 9.80. The highest BCUT2D eigenvalue weighted by molar-refractivity contribution is 7.17. The molecule has 1 aromatic heterocycles. The number of rotatable bonds is 5. The molecule has 0 saturated carbocycles. The van der Waals surface area contributed by atoms with Crippen LogP contribution in [0, 0.1) is 24.6 Å². The number of ether oxygens (including phenoxy) is 1. The molecule has 164 valence electrons. The smallest absolute Gasteiger partial charge is 0.341 e. The molecule has 31 heavy (non-hydrogen) atoms. The number of hydrogen-bond acceptors (Lipinski definition) is 5. The number of hydrogen-bond donors (Lipinski definition) is 2. The molecule has 8 heteroatoms. The van der Waals surface area contributed by atoms with Crippen molar-refractivity contribution in [2.75, 3.05) is 12.4 Å². The molecule has 0 bridgehead atoms. The molecule has 1 amide bonds. The van der Waals surface area contributed by atoms with E-state index in [0.717, 1.165) is 16.0 Å². The van der Waals surface area contributed by atoms with Crippen LogP contribution >= 0.6 is 11.3 Å². The lowest BCUT2D eigenvalue weighted by Crippen LogP contribution is -2.36. The molecule has 1 aliphatic rings. The van der Waals surface area contributed by atoms with Gasteiger partial charge in [0.05, 0.1) is 18.9 Å². The number of carboxylic acid groups (broad SMARTS) is 1. The number of aliphatic carboxylic acids is 1. The number of carbonyl (C=O) groups is 3. The number of esters is 1. The zero-order chi connectivity index (χ0) is 22.9. The fourth-order valence-corrected chi connectivity index (χ4v) is 4.99. The van der Waals surface area contributed by atoms with Crippen LogP contribution in [0.4, 0.5) is 9.39 Å². The van der Waals surface area contributed by atoms with Crippen molar-refractivity contribution in [2.24, 2.45) is 11.8 Å². The maximum Gasteiger partial charge on any atom is 0.341 e. The van der Waals surface area contributed by atoms with Gasteiger partial charge in [-0.2, -0.15) is 0 Å². The van der Waals surface area contributed by atoms with Gasteiger partial charge in [-0.1, -0.05) is 23.3 Å². The first kappa shape index (κ1) is 22.7. The lowest BCUT2D eigenvalue weighted by Gasteiger charge is -2.29. The fourth-order valence-electron chi connectivity index (χ4n) is 3.93. The molecule has 0 spiro atoms. The fraction of sp³-hybridized carbons (Fsp3) is 0.348. The van der Waals surface area contributed by atoms with E-state index in [1.165, 1.54) is 30.6 Å². The third-order valence-electron chi connectivity index (χ3n) is 5.76. The maximum atomic E-state index is 13.4. The van der Waals surface area contributed by atoms with E-state index >= 15 is 0 Å². The second kappa shape index (κ2) is 9.01. The third-order valence-corrected chi connectivity index (χ3v) is 6.78. The summed E-state index contributed by atoms with van der Waals surface area (Å²) < 4.78 is 18.3. The van der Waals surface area contributed by atoms with Crippen LogP contribution in [-0.2, 0) is 14.3 Å². The quantitative estimate of drug-likeness (QED) is 0.497. The molecule has 1 heterocycles. The topological polar surface area (TPSA) is 92.7 Å². The molecular formula is C23H24FNO5S. The number of benzene rings is 1. The van der Waals surface area contributed by atoms with Crippen LogP contribution < -0.4 is 5.32 Å². The number of halogens is 1. The monoisotopic (exact) mass is 445 g/mol. The molecule has 0 radical (unpaired) electrons. The largest absolute Gasteiger partial charge is 0.481 e. The van der Waals surface area contributed by atoms with Crippen molar-refractivity contribution in [3.8, 4) is 11.1 Å². The Bertz CT molecular complexity index is 1070. The number of amides is 1. The Hall–Kier alpha value is -3.00. The van der Waals surface area contributed by atoms with Crippen LogP contribution in [-0.4, -0.2) is 30.1 Å². The Morgan fingerprint density at radius 1 is 1.06 bits per heavy atom. The number of anilines is 1. The summed E-state index contributed by atoms with van der Waals surface area (Å²) in [7, 11) is 1.24. The van der Waals surface area contributed by atoms with Crippen LogP contribution in [0.3, 0.4) is 0 Å². The first-order valence-corrected chi connectivity index (χ1v) is 10.6. The molecule has 3 rings (SSSR count). The van der Waals surface area contributed by atoms with Gasteiger partial charge in [-0.3, -0.25) is 9.59 Å². The lowest BCUT2D eigenvalue weighted by molar-refractivity contribution is -0.146. The van der Waals surface area contributed by atoms with Gasteiger partial charge in [0, 0.05) is 10.4 Å². The molecule has 2 aromatic rings. The predicted molar refractivity (Wildman–Crippen MR) is 117 cm³/mol. The lowest BCUT2D eigenvalue weighted by atomic mass is 9.76. The zero-order valence-corrected chi connectivity index (χ0v) is 18.6. The van der Waals surface area contributed by atoms with Gasteiger partial charge in [0.15, 0.2) is 0 Å². The Labute approximate surface area is 183 Å². The molecule has 0 unspecified atom stereocenters. The standard InChI is InChI=1S/C23H24FNO5S/c1-11-9-16(17(22(27)28)10-12(11)2)20(26)25-21-19(23(29)30-4)18(13(3)31-21)14-5-7-15(24)8-6-14/h5-8,16-17H,9-10H2,1-4H3,(H,25,26)(H,27,28)/t16-,17+/m0/s1. The highest BCUT2D eigenvalue weighted by Gasteiger charge is 2.38. The summed E-state index contributed by atoms with van der Waals surface area (Å²) in [4.78, 5) is 38.2. The van der Waals surface area contributed by atoms with Gasteiger partial charge in [0.1, 0.15) is 16.4 Å². The second-order valence-electron chi connectivity index (χ2n) is 7.75. The number of aryl methyl sites for hydroxylation is 1. The first-order chi connectivity index (χ1) is 14.6. The highest BCUT2D eigenvalue weighted by Crippen LogP contribution is 2.42. The SMILES string of the molecule is COC(=O)c1c(NC(=O)[C@H]2CC(C)=C(C)C[C@H]2C(=O)O)sc(C)c1-c1ccc(F)cc1. The van der Waals surface area contributed by atoms with Crippen molar-refractivity contribution in [3.05, 3.63) is 51.7 Å². The summed E-state index contributed by atoms with van der Waals surface area (Å²) >= 11 is 1.20. The number of thiophene rings is 1. The van der Waals surface area contributed by atoms with E-state index in [2.05, 4.69) is 5.32 Å². The van der Waals surface area contributed by atoms with Gasteiger partial charge in [0.25, 0.3) is 0 Å². The molecule has 1 aliphatic carbocycles. The van der Waals surface area contributed by atoms with Gasteiger partial charge >= 0.3 is 11.9 Å². The Morgan fingerprint density at radius 3 is 2.19 bits per heavy atom. The minimum absolute atomic E-state index is 0.177. The van der Waals surface area contributed by atoms with Gasteiger partial charge in [-0.25, -0.2) is 9.18 Å². The predicted octanol–water partition coefficient (Wildman–Crippen LogP) is 5.03. The van der Waals surface area contributed by atoms with Gasteiger partial charge in [0.2, 0.25) is 5.91 Å². The molecule has 2 atom stereocenters. The van der Waals surface area contributed by atoms with Crippen LogP contribution in [0.5, 0.6) is 0 Å². The summed E-state index contributed by atoms with van der Waals surface area (Å²) in [5.74, 6) is -4.08. The minimum atomic E-state index is -1.02. The van der Waals surface area contributed by atoms with Crippen molar-refractivity contribution in [2.45, 2.75) is 33.6 Å². The molecule has 2 N–H and O–H groups in total. The molecule has 0 fully saturated rings. The van der Waals surface area contributed by atoms with Gasteiger partial charge in [-0.05, 0) is 51.3 Å².